The normalized spacial score (nSPS) is 21.8. The van der Waals surface area contributed by atoms with Gasteiger partial charge in [-0.3, -0.25) is 33.8 Å². The number of carbonyl (C=O) groups is 8. The van der Waals surface area contributed by atoms with Gasteiger partial charge in [0.2, 0.25) is 5.91 Å². The first kappa shape index (κ1) is 78.8. The maximum Gasteiger partial charge on any atom is 0.410 e. The number of rotatable bonds is 19. The van der Waals surface area contributed by atoms with Gasteiger partial charge in [-0.25, -0.2) is 19.8 Å². The Hall–Kier alpha value is -10.9. The maximum atomic E-state index is 14.1. The Bertz CT molecular complexity index is 3850. The molecule has 6 aromatic carbocycles. The van der Waals surface area contributed by atoms with Crippen molar-refractivity contribution in [2.45, 2.75) is 154 Å². The predicted octanol–water partition coefficient (Wildman–Crippen LogP) is 15.2. The molecular weight excluding hydrogens is 1560 g/mol. The summed E-state index contributed by atoms with van der Waals surface area (Å²) < 4.78 is 9.78. The van der Waals surface area contributed by atoms with Crippen molar-refractivity contribution in [2.75, 3.05) is 46.4 Å². The molecular formula is C84H103FmN7O12. The molecule has 0 aromatic heterocycles. The van der Waals surface area contributed by atoms with Crippen molar-refractivity contribution >= 4 is 53.5 Å². The number of fused-ring (bicyclic) bond motifs is 2. The predicted molar refractivity (Wildman–Crippen MR) is 400 cm³/mol. The van der Waals surface area contributed by atoms with Gasteiger partial charge in [-0.05, 0) is 144 Å². The van der Waals surface area contributed by atoms with E-state index in [4.69, 9.17) is 4.74 Å². The molecule has 6 fully saturated rings. The number of ether oxygens (including phenoxy) is 2. The van der Waals surface area contributed by atoms with Crippen LogP contribution in [0.4, 0.5) is 14.4 Å². The summed E-state index contributed by atoms with van der Waals surface area (Å²) in [6.07, 6.45) is 11.8. The van der Waals surface area contributed by atoms with Gasteiger partial charge in [-0.2, -0.15) is 5.10 Å². The first-order valence-corrected chi connectivity index (χ1v) is 36.7. The molecule has 2 aliphatic carbocycles. The van der Waals surface area contributed by atoms with Gasteiger partial charge < -0.3 is 34.8 Å². The largest absolute Gasteiger partial charge is 0.481 e. The summed E-state index contributed by atoms with van der Waals surface area (Å²) in [5, 5.41) is 25.9. The molecule has 558 valence electrons. The van der Waals surface area contributed by atoms with Gasteiger partial charge in [0.05, 0.1) is 56.4 Å². The zero-order valence-corrected chi connectivity index (χ0v) is 63.2. The van der Waals surface area contributed by atoms with Crippen molar-refractivity contribution in [2.24, 2.45) is 40.6 Å². The minimum Gasteiger partial charge on any atom is -0.481 e. The van der Waals surface area contributed by atoms with E-state index in [9.17, 15) is 48.6 Å². The monoisotopic (exact) mass is 1660 g/mol. The molecule has 12 rings (SSSR count). The molecule has 0 radical (unpaired) electrons. The number of urea groups is 1. The van der Waals surface area contributed by atoms with Gasteiger partial charge >= 0.3 is 30.2 Å². The van der Waals surface area contributed by atoms with Gasteiger partial charge in [0.15, 0.2) is 5.78 Å². The molecule has 6 aromatic rings. The summed E-state index contributed by atoms with van der Waals surface area (Å²) in [5.74, 6) is 1.39. The molecule has 20 heteroatoms. The summed E-state index contributed by atoms with van der Waals surface area (Å²) in [5.41, 5.74) is 11.2. The fourth-order valence-electron chi connectivity index (χ4n) is 15.6. The summed E-state index contributed by atoms with van der Waals surface area (Å²) in [6.45, 7) is 16.0. The molecule has 0 bridgehead atoms. The molecule has 8 atom stereocenters. The first-order valence-electron chi connectivity index (χ1n) is 36.7. The number of hydrazone groups is 1. The number of esters is 1. The molecule has 4 aliphatic heterocycles. The third kappa shape index (κ3) is 21.1. The van der Waals surface area contributed by atoms with E-state index in [2.05, 4.69) is 104 Å². The molecule has 4 saturated heterocycles. The van der Waals surface area contributed by atoms with E-state index in [0.717, 1.165) is 77.8 Å². The number of amides is 6. The van der Waals surface area contributed by atoms with Crippen LogP contribution in [-0.4, -0.2) is 154 Å². The van der Waals surface area contributed by atoms with Gasteiger partial charge in [-0.1, -0.05) is 224 Å². The second kappa shape index (κ2) is 38.4. The van der Waals surface area contributed by atoms with Crippen LogP contribution >= 0.6 is 0 Å². The zero-order chi connectivity index (χ0) is 73.5. The molecule has 6 amide bonds. The van der Waals surface area contributed by atoms with Crippen molar-refractivity contribution in [1.82, 2.24) is 30.3 Å². The van der Waals surface area contributed by atoms with Crippen LogP contribution in [0.3, 0.4) is 0 Å². The van der Waals surface area contributed by atoms with Crippen molar-refractivity contribution in [1.29, 1.82) is 0 Å². The van der Waals surface area contributed by atoms with E-state index in [1.807, 2.05) is 120 Å². The Kier molecular flexibility index (Phi) is 29.1. The van der Waals surface area contributed by atoms with E-state index >= 15 is 0 Å². The molecule has 0 spiro atoms. The van der Waals surface area contributed by atoms with Crippen LogP contribution in [0, 0.1) is 35.5 Å². The van der Waals surface area contributed by atoms with E-state index in [1.165, 1.54) is 47.8 Å². The van der Waals surface area contributed by atoms with E-state index in [0.29, 0.717) is 86.2 Å². The summed E-state index contributed by atoms with van der Waals surface area (Å²) in [4.78, 5) is 106. The molecule has 6 aliphatic rings. The Morgan fingerprint density at radius 2 is 1.21 bits per heavy atom. The number of ketones is 1. The zero-order valence-electron chi connectivity index (χ0n) is 60.8. The Morgan fingerprint density at radius 1 is 0.635 bits per heavy atom. The quantitative estimate of drug-likeness (QED) is 0.0336. The van der Waals surface area contributed by atoms with Crippen LogP contribution < -0.4 is 10.7 Å². The van der Waals surface area contributed by atoms with E-state index in [1.54, 1.807) is 17.0 Å². The number of carbonyl (C=O) groups excluding carboxylic acids is 6. The number of Topliss-reactive ketones (excluding diaryl/α,β-unsaturated/α-hetero) is 1. The van der Waals surface area contributed by atoms with Gasteiger partial charge in [-0.15, -0.1) is 0 Å². The first-order chi connectivity index (χ1) is 49.7. The van der Waals surface area contributed by atoms with Crippen LogP contribution in [0.1, 0.15) is 151 Å². The van der Waals surface area contributed by atoms with Crippen molar-refractivity contribution in [3.05, 3.63) is 205 Å². The van der Waals surface area contributed by atoms with Crippen molar-refractivity contribution < 1.29 is 58.0 Å². The van der Waals surface area contributed by atoms with Gasteiger partial charge in [0, 0.05) is 31.1 Å². The number of nitrogens with zero attached hydrogens (tertiary/aromatic N) is 5. The van der Waals surface area contributed by atoms with Crippen LogP contribution in [0.25, 0.3) is 22.3 Å². The Morgan fingerprint density at radius 3 is 1.81 bits per heavy atom. The van der Waals surface area contributed by atoms with Gasteiger partial charge in [0.1, 0.15) is 12.6 Å². The standard InChI is InChI=1S/C31H38N2O3.C20H31N5O5.C18H20O2.C15H14O2.Fm/c1-21(2)18-26(25-15-9-14-24(19-25)22-10-5-3-6-11-22)31(36)32-17-16-27-29(32)28(34)20-33(27)30(35)23-12-7-4-8-13-23;1-3-10-30-20(29)25-12-15(17-16(25)8-9-24(17)19(27)28)22-23-18(26)21-11-14-6-4-13(2)5-7-14;1-13(2)11-17(18(19)20)16-10-6-9-15(12-16)14-7-4-3-5-8-14;1-17-15(16)11-12-6-5-9-14(10-12)13-7-3-2-4-8-13;/h3-8,10-13,21,24-27,29H,9,14-20H2,1-2H3;3,13-14,16-17H,1,4-12H2,2H3,(H,27,28)(H2,21,23,26);3-10,12-13,17H,11H2,1-2H3,(H,19,20);2-10H,11H2,1H3;/b;22-15+;;;/t24?,25?,26-,27?,29?;;17-;;/m0.0../s1. The number of nitrogens with one attached hydrogen (secondary N) is 2. The second-order valence-corrected chi connectivity index (χ2v) is 29.0. The third-order valence-corrected chi connectivity index (χ3v) is 20.8. The van der Waals surface area contributed by atoms with Crippen molar-refractivity contribution in [3.8, 4) is 22.3 Å². The molecule has 19 nitrogen and oxygen atoms in total. The number of aliphatic carboxylic acids is 1. The van der Waals surface area contributed by atoms with E-state index < -0.39 is 42.2 Å². The molecule has 2 saturated carbocycles. The number of carboxylic acids is 1. The Balaban J connectivity index is 0.000000182. The minimum absolute atomic E-state index is 0. The summed E-state index contributed by atoms with van der Waals surface area (Å²) in [7, 11) is 1.41. The summed E-state index contributed by atoms with van der Waals surface area (Å²) in [6, 6.07) is 53.7. The number of hydrogen-bond acceptors (Lipinski definition) is 11. The average molecular weight is 1660 g/mol. The third-order valence-electron chi connectivity index (χ3n) is 20.8. The van der Waals surface area contributed by atoms with E-state index in [-0.39, 0.29) is 61.3 Å². The van der Waals surface area contributed by atoms with Crippen LogP contribution in [-0.2, 0) is 35.1 Å². The fourth-order valence-corrected chi connectivity index (χ4v) is 15.6. The number of likely N-dealkylation sites (tertiary alicyclic amines) is 4. The van der Waals surface area contributed by atoms with Crippen LogP contribution in [0.15, 0.2) is 188 Å². The molecule has 104 heavy (non-hydrogen) atoms. The minimum atomic E-state index is -1.08. The topological polar surface area (TPSA) is 245 Å². The number of hydrogen-bond donors (Lipinski definition) is 4. The number of benzene rings is 6. The molecule has 4 heterocycles. The van der Waals surface area contributed by atoms with Crippen LogP contribution in [0.2, 0.25) is 0 Å². The SMILES string of the molecule is C=CCOC(=O)N1C/C(=N\NC(=O)NCC2CCC(C)CC2)C2C1CCN2C(=O)O.CC(C)C[C@H](C(=O)N1CCC2C1C(=O)CN2C(=O)c1ccccc1)C1CCCC(c2ccccc2)C1.CC(C)C[C@H](C(=O)O)c1cccc(-c2ccccc2)c1.COC(=O)Cc1cccc(-c2ccccc2)c1.[Fm]. The molecule has 6 unspecified atom stereocenters. The smallest absolute Gasteiger partial charge is 0.410 e. The maximum absolute atomic E-state index is 14.1. The number of methoxy groups -OCH3 is 1. The van der Waals surface area contributed by atoms with Crippen LogP contribution in [0.5, 0.6) is 0 Å². The second-order valence-electron chi connectivity index (χ2n) is 29.0. The van der Waals surface area contributed by atoms with Crippen molar-refractivity contribution in [3.63, 3.8) is 0 Å². The summed E-state index contributed by atoms with van der Waals surface area (Å²) >= 11 is 0. The average Bonchev–Trinajstić information content (AvgIpc) is 1.60. The Labute approximate surface area is 607 Å². The molecule has 4 N–H and O–H groups in total. The van der Waals surface area contributed by atoms with Gasteiger partial charge in [0.25, 0.3) is 5.91 Å². The number of carboxylic acid groups (broad SMARTS) is 2. The fraction of sp³-hybridized carbons (Fsp3) is 0.440.